The molecule has 29 heavy (non-hydrogen) atoms. The normalized spacial score (nSPS) is 12.5. The first-order chi connectivity index (χ1) is 13.5. The molecule has 10 heteroatoms. The van der Waals surface area contributed by atoms with Crippen molar-refractivity contribution in [2.75, 3.05) is 5.32 Å². The minimum absolute atomic E-state index is 0.00102. The van der Waals surface area contributed by atoms with E-state index in [0.717, 1.165) is 12.1 Å². The van der Waals surface area contributed by atoms with E-state index in [2.05, 4.69) is 5.32 Å². The van der Waals surface area contributed by atoms with Gasteiger partial charge in [-0.3, -0.25) is 9.59 Å². The molecule has 2 aromatic carbocycles. The zero-order valence-corrected chi connectivity index (χ0v) is 16.2. The van der Waals surface area contributed by atoms with Crippen LogP contribution in [0.1, 0.15) is 29.9 Å². The summed E-state index contributed by atoms with van der Waals surface area (Å²) in [5, 5.41) is 11.1. The van der Waals surface area contributed by atoms with E-state index in [1.165, 1.54) is 24.3 Å². The SMILES string of the molecule is O=C(O)CCc1ccc(Cl)c(NC(=O)[C@@H](CC(F)(F)F)c2ccc(Cl)cc2F)c1. The quantitative estimate of drug-likeness (QED) is 0.520. The molecule has 2 rings (SSSR count). The van der Waals surface area contributed by atoms with Gasteiger partial charge in [0.05, 0.1) is 23.0 Å². The van der Waals surface area contributed by atoms with E-state index in [9.17, 15) is 27.2 Å². The molecule has 0 fully saturated rings. The van der Waals surface area contributed by atoms with Gasteiger partial charge in [0.1, 0.15) is 5.82 Å². The fraction of sp³-hybridized carbons (Fsp3) is 0.263. The average Bonchev–Trinajstić information content (AvgIpc) is 2.60. The average molecular weight is 452 g/mol. The van der Waals surface area contributed by atoms with Crippen LogP contribution in [0.4, 0.5) is 23.2 Å². The van der Waals surface area contributed by atoms with Crippen molar-refractivity contribution in [3.8, 4) is 0 Å². The van der Waals surface area contributed by atoms with Crippen molar-refractivity contribution >= 4 is 40.8 Å². The van der Waals surface area contributed by atoms with E-state index in [-0.39, 0.29) is 28.6 Å². The number of aliphatic carboxylic acids is 1. The fourth-order valence-electron chi connectivity index (χ4n) is 2.65. The van der Waals surface area contributed by atoms with Crippen LogP contribution < -0.4 is 5.32 Å². The van der Waals surface area contributed by atoms with Gasteiger partial charge in [0.15, 0.2) is 0 Å². The predicted octanol–water partition coefficient (Wildman–Crippen LogP) is 5.82. The largest absolute Gasteiger partial charge is 0.481 e. The molecule has 0 aliphatic heterocycles. The molecule has 0 heterocycles. The highest BCUT2D eigenvalue weighted by Gasteiger charge is 2.37. The number of alkyl halides is 3. The maximum absolute atomic E-state index is 14.2. The molecule has 0 radical (unpaired) electrons. The van der Waals surface area contributed by atoms with E-state index in [1.54, 1.807) is 0 Å². The second-order valence-electron chi connectivity index (χ2n) is 6.23. The van der Waals surface area contributed by atoms with Gasteiger partial charge in [0.25, 0.3) is 0 Å². The first-order valence-corrected chi connectivity index (χ1v) is 9.04. The molecule has 0 bridgehead atoms. The first kappa shape index (κ1) is 23.0. The number of carboxylic acids is 1. The van der Waals surface area contributed by atoms with Gasteiger partial charge in [0.2, 0.25) is 5.91 Å². The first-order valence-electron chi connectivity index (χ1n) is 8.29. The molecule has 0 spiro atoms. The summed E-state index contributed by atoms with van der Waals surface area (Å²) in [7, 11) is 0. The highest BCUT2D eigenvalue weighted by atomic mass is 35.5. The molecule has 2 aromatic rings. The Morgan fingerprint density at radius 1 is 1.10 bits per heavy atom. The third-order valence-electron chi connectivity index (χ3n) is 4.01. The molecule has 2 N–H and O–H groups in total. The molecule has 0 saturated heterocycles. The standard InChI is InChI=1S/C19H15Cl2F4NO3/c20-11-3-4-12(15(22)8-11)13(9-19(23,24)25)18(29)26-16-7-10(1-5-14(16)21)2-6-17(27)28/h1,3-5,7-8,13H,2,6,9H2,(H,26,29)(H,27,28)/t13-/m0/s1. The lowest BCUT2D eigenvalue weighted by Crippen LogP contribution is -2.27. The van der Waals surface area contributed by atoms with Gasteiger partial charge in [-0.25, -0.2) is 4.39 Å². The minimum atomic E-state index is -4.73. The lowest BCUT2D eigenvalue weighted by atomic mass is 9.93. The van der Waals surface area contributed by atoms with Crippen molar-refractivity contribution in [1.82, 2.24) is 0 Å². The third kappa shape index (κ3) is 6.90. The van der Waals surface area contributed by atoms with Gasteiger partial charge in [-0.05, 0) is 36.2 Å². The molecule has 0 aromatic heterocycles. The number of hydrogen-bond donors (Lipinski definition) is 2. The monoisotopic (exact) mass is 451 g/mol. The van der Waals surface area contributed by atoms with Gasteiger partial charge in [-0.15, -0.1) is 0 Å². The van der Waals surface area contributed by atoms with Crippen LogP contribution in [0, 0.1) is 5.82 Å². The summed E-state index contributed by atoms with van der Waals surface area (Å²) < 4.78 is 53.2. The van der Waals surface area contributed by atoms with Crippen LogP contribution in [0.2, 0.25) is 10.0 Å². The van der Waals surface area contributed by atoms with E-state index >= 15 is 0 Å². The van der Waals surface area contributed by atoms with Crippen LogP contribution >= 0.6 is 23.2 Å². The van der Waals surface area contributed by atoms with Crippen LogP contribution in [-0.4, -0.2) is 23.2 Å². The summed E-state index contributed by atoms with van der Waals surface area (Å²) in [5.41, 5.74) is 0.0561. The molecule has 1 amide bonds. The Morgan fingerprint density at radius 3 is 2.38 bits per heavy atom. The van der Waals surface area contributed by atoms with Crippen molar-refractivity contribution in [2.24, 2.45) is 0 Å². The van der Waals surface area contributed by atoms with Crippen molar-refractivity contribution < 1.29 is 32.3 Å². The summed E-state index contributed by atoms with van der Waals surface area (Å²) in [6.07, 6.45) is -6.37. The molecule has 0 aliphatic rings. The number of rotatable bonds is 7. The van der Waals surface area contributed by atoms with Gasteiger partial charge in [0, 0.05) is 17.0 Å². The topological polar surface area (TPSA) is 66.4 Å². The summed E-state index contributed by atoms with van der Waals surface area (Å²) in [6.45, 7) is 0. The highest BCUT2D eigenvalue weighted by molar-refractivity contribution is 6.33. The number of amides is 1. The van der Waals surface area contributed by atoms with Crippen LogP contribution in [-0.2, 0) is 16.0 Å². The van der Waals surface area contributed by atoms with Crippen LogP contribution in [0.25, 0.3) is 0 Å². The summed E-state index contributed by atoms with van der Waals surface area (Å²) in [6, 6.07) is 7.33. The zero-order chi connectivity index (χ0) is 21.8. The molecule has 1 atom stereocenters. The van der Waals surface area contributed by atoms with E-state index in [4.69, 9.17) is 28.3 Å². The maximum atomic E-state index is 14.2. The molecule has 156 valence electrons. The number of carboxylic acid groups (broad SMARTS) is 1. The third-order valence-corrected chi connectivity index (χ3v) is 4.57. The zero-order valence-electron chi connectivity index (χ0n) is 14.7. The van der Waals surface area contributed by atoms with Crippen molar-refractivity contribution in [3.63, 3.8) is 0 Å². The van der Waals surface area contributed by atoms with Crippen molar-refractivity contribution in [2.45, 2.75) is 31.4 Å². The number of anilines is 1. The lowest BCUT2D eigenvalue weighted by molar-refractivity contribution is -0.146. The second-order valence-corrected chi connectivity index (χ2v) is 7.08. The number of hydrogen-bond acceptors (Lipinski definition) is 2. The van der Waals surface area contributed by atoms with Crippen LogP contribution in [0.15, 0.2) is 36.4 Å². The van der Waals surface area contributed by atoms with Crippen LogP contribution in [0.5, 0.6) is 0 Å². The van der Waals surface area contributed by atoms with Crippen LogP contribution in [0.3, 0.4) is 0 Å². The van der Waals surface area contributed by atoms with Gasteiger partial charge >= 0.3 is 12.1 Å². The fourth-order valence-corrected chi connectivity index (χ4v) is 2.98. The van der Waals surface area contributed by atoms with Crippen molar-refractivity contribution in [1.29, 1.82) is 0 Å². The van der Waals surface area contributed by atoms with E-state index in [0.29, 0.717) is 5.56 Å². The Bertz CT molecular complexity index is 919. The smallest absolute Gasteiger partial charge is 0.390 e. The van der Waals surface area contributed by atoms with Gasteiger partial charge < -0.3 is 10.4 Å². The highest BCUT2D eigenvalue weighted by Crippen LogP contribution is 2.35. The Kier molecular flexibility index (Phi) is 7.48. The number of halogens is 6. The van der Waals surface area contributed by atoms with Gasteiger partial charge in [-0.2, -0.15) is 13.2 Å². The summed E-state index contributed by atoms with van der Waals surface area (Å²) in [5.74, 6) is -5.05. The number of benzene rings is 2. The Hall–Kier alpha value is -2.32. The Morgan fingerprint density at radius 2 is 1.79 bits per heavy atom. The molecular formula is C19H15Cl2F4NO3. The number of aryl methyl sites for hydroxylation is 1. The van der Waals surface area contributed by atoms with Crippen molar-refractivity contribution in [3.05, 3.63) is 63.4 Å². The van der Waals surface area contributed by atoms with E-state index < -0.39 is 41.8 Å². The molecular weight excluding hydrogens is 437 g/mol. The number of carbonyl (C=O) groups excluding carboxylic acids is 1. The summed E-state index contributed by atoms with van der Waals surface area (Å²) >= 11 is 11.6. The van der Waals surface area contributed by atoms with Gasteiger partial charge in [-0.1, -0.05) is 35.3 Å². The molecule has 0 unspecified atom stereocenters. The Balaban J connectivity index is 2.32. The Labute approximate surface area is 173 Å². The maximum Gasteiger partial charge on any atom is 0.390 e. The second kappa shape index (κ2) is 9.45. The van der Waals surface area contributed by atoms with E-state index in [1.807, 2.05) is 0 Å². The lowest BCUT2D eigenvalue weighted by Gasteiger charge is -2.20. The number of nitrogens with one attached hydrogen (secondary N) is 1. The molecule has 0 aliphatic carbocycles. The summed E-state index contributed by atoms with van der Waals surface area (Å²) in [4.78, 5) is 23.3. The number of carbonyl (C=O) groups is 2. The predicted molar refractivity (Wildman–Crippen MR) is 101 cm³/mol. The molecule has 0 saturated carbocycles. The molecule has 4 nitrogen and oxygen atoms in total. The minimum Gasteiger partial charge on any atom is -0.481 e.